The molecule has 1 aliphatic heterocycles. The van der Waals surface area contributed by atoms with Gasteiger partial charge in [0.15, 0.2) is 5.82 Å². The standard InChI is InChI=1S/C19H20N4O2S/c20-18-19(25)23(14-2-1-6-21-9-14)10-16(22-18)15-8-12(3-4-17(15)24)13-5-7-26-11-13/h3-5,7-8,10-11,14,21,24H,1-2,6,9H2,(H2,20,22). The third-order valence-corrected chi connectivity index (χ3v) is 5.43. The summed E-state index contributed by atoms with van der Waals surface area (Å²) in [5.41, 5.74) is 8.75. The van der Waals surface area contributed by atoms with E-state index >= 15 is 0 Å². The summed E-state index contributed by atoms with van der Waals surface area (Å²) in [5, 5.41) is 17.7. The normalized spacial score (nSPS) is 17.3. The van der Waals surface area contributed by atoms with Gasteiger partial charge in [-0.15, -0.1) is 0 Å². The Bertz CT molecular complexity index is 976. The Hall–Kier alpha value is -2.64. The van der Waals surface area contributed by atoms with Crippen molar-refractivity contribution in [3.8, 4) is 28.1 Å². The van der Waals surface area contributed by atoms with Gasteiger partial charge in [0.2, 0.25) is 0 Å². The average molecular weight is 368 g/mol. The number of nitrogens with two attached hydrogens (primary N) is 1. The molecule has 1 saturated heterocycles. The van der Waals surface area contributed by atoms with E-state index in [9.17, 15) is 9.90 Å². The fraction of sp³-hybridized carbons (Fsp3) is 0.263. The maximum atomic E-state index is 12.5. The first-order chi connectivity index (χ1) is 12.6. The van der Waals surface area contributed by atoms with Crippen LogP contribution in [-0.2, 0) is 0 Å². The molecule has 4 rings (SSSR count). The lowest BCUT2D eigenvalue weighted by atomic mass is 10.0. The molecule has 4 N–H and O–H groups in total. The predicted molar refractivity (Wildman–Crippen MR) is 104 cm³/mol. The number of nitrogens with one attached hydrogen (secondary N) is 1. The minimum atomic E-state index is -0.282. The number of aromatic hydroxyl groups is 1. The Morgan fingerprint density at radius 2 is 2.19 bits per heavy atom. The van der Waals surface area contributed by atoms with Gasteiger partial charge < -0.3 is 20.7 Å². The summed E-state index contributed by atoms with van der Waals surface area (Å²) >= 11 is 1.62. The van der Waals surface area contributed by atoms with Crippen molar-refractivity contribution in [1.29, 1.82) is 0 Å². The lowest BCUT2D eigenvalue weighted by molar-refractivity contribution is 0.364. The van der Waals surface area contributed by atoms with E-state index in [2.05, 4.69) is 10.3 Å². The van der Waals surface area contributed by atoms with Crippen LogP contribution in [0.2, 0.25) is 0 Å². The predicted octanol–water partition coefficient (Wildman–Crippen LogP) is 2.85. The molecule has 6 nitrogen and oxygen atoms in total. The molecule has 26 heavy (non-hydrogen) atoms. The number of rotatable bonds is 3. The second-order valence-corrected chi connectivity index (χ2v) is 7.25. The highest BCUT2D eigenvalue weighted by Crippen LogP contribution is 2.33. The molecule has 0 saturated carbocycles. The molecule has 0 bridgehead atoms. The summed E-state index contributed by atoms with van der Waals surface area (Å²) in [4.78, 5) is 16.7. The molecular weight excluding hydrogens is 348 g/mol. The van der Waals surface area contributed by atoms with Gasteiger partial charge in [0, 0.05) is 24.3 Å². The highest BCUT2D eigenvalue weighted by Gasteiger charge is 2.19. The summed E-state index contributed by atoms with van der Waals surface area (Å²) < 4.78 is 1.65. The zero-order valence-electron chi connectivity index (χ0n) is 14.2. The van der Waals surface area contributed by atoms with Crippen molar-refractivity contribution < 1.29 is 5.11 Å². The van der Waals surface area contributed by atoms with Crippen LogP contribution in [0, 0.1) is 0 Å². The van der Waals surface area contributed by atoms with Gasteiger partial charge in [-0.2, -0.15) is 11.3 Å². The van der Waals surface area contributed by atoms with Crippen LogP contribution in [0.4, 0.5) is 5.82 Å². The summed E-state index contributed by atoms with van der Waals surface area (Å²) in [7, 11) is 0. The highest BCUT2D eigenvalue weighted by molar-refractivity contribution is 7.08. The zero-order chi connectivity index (χ0) is 18.1. The number of aromatic nitrogens is 2. The molecule has 1 unspecified atom stereocenters. The molecule has 1 fully saturated rings. The van der Waals surface area contributed by atoms with E-state index in [1.807, 2.05) is 29.0 Å². The van der Waals surface area contributed by atoms with Crippen molar-refractivity contribution in [2.45, 2.75) is 18.9 Å². The van der Waals surface area contributed by atoms with Crippen LogP contribution in [0.25, 0.3) is 22.4 Å². The van der Waals surface area contributed by atoms with Crippen molar-refractivity contribution in [2.24, 2.45) is 0 Å². The Labute approximate surface area is 154 Å². The van der Waals surface area contributed by atoms with Crippen molar-refractivity contribution >= 4 is 17.2 Å². The smallest absolute Gasteiger partial charge is 0.293 e. The van der Waals surface area contributed by atoms with E-state index in [-0.39, 0.29) is 23.2 Å². The van der Waals surface area contributed by atoms with Gasteiger partial charge in [0.05, 0.1) is 5.69 Å². The lowest BCUT2D eigenvalue weighted by Gasteiger charge is -2.25. The summed E-state index contributed by atoms with van der Waals surface area (Å²) in [6.07, 6.45) is 3.63. The van der Waals surface area contributed by atoms with Gasteiger partial charge in [-0.05, 0) is 59.5 Å². The largest absolute Gasteiger partial charge is 0.507 e. The van der Waals surface area contributed by atoms with Crippen molar-refractivity contribution in [2.75, 3.05) is 18.8 Å². The third-order valence-electron chi connectivity index (χ3n) is 4.75. The van der Waals surface area contributed by atoms with E-state index in [1.165, 1.54) is 0 Å². The van der Waals surface area contributed by atoms with E-state index in [0.29, 0.717) is 11.3 Å². The molecule has 1 aromatic carbocycles. The maximum absolute atomic E-state index is 12.5. The molecule has 7 heteroatoms. The zero-order valence-corrected chi connectivity index (χ0v) is 15.0. The van der Waals surface area contributed by atoms with Crippen LogP contribution < -0.4 is 16.6 Å². The number of anilines is 1. The fourth-order valence-corrected chi connectivity index (χ4v) is 4.02. The number of phenolic OH excluding ortho intramolecular Hbond substituents is 1. The fourth-order valence-electron chi connectivity index (χ4n) is 3.35. The Kier molecular flexibility index (Phi) is 4.48. The van der Waals surface area contributed by atoms with Crippen LogP contribution in [-0.4, -0.2) is 27.7 Å². The molecule has 1 aliphatic rings. The quantitative estimate of drug-likeness (QED) is 0.661. The van der Waals surface area contributed by atoms with Crippen LogP contribution in [0.5, 0.6) is 5.75 Å². The molecule has 0 spiro atoms. The summed E-state index contributed by atoms with van der Waals surface area (Å²) in [5.74, 6) is 0.0660. The molecule has 1 atom stereocenters. The molecule has 134 valence electrons. The number of thiophene rings is 1. The topological polar surface area (TPSA) is 93.2 Å². The van der Waals surface area contributed by atoms with Crippen molar-refractivity contribution in [1.82, 2.24) is 14.9 Å². The van der Waals surface area contributed by atoms with Gasteiger partial charge in [0.1, 0.15) is 5.75 Å². The second-order valence-electron chi connectivity index (χ2n) is 6.47. The van der Waals surface area contributed by atoms with Crippen LogP contribution in [0.1, 0.15) is 18.9 Å². The number of phenols is 1. The number of piperidine rings is 1. The van der Waals surface area contributed by atoms with Gasteiger partial charge in [-0.25, -0.2) is 4.98 Å². The molecule has 0 aliphatic carbocycles. The lowest BCUT2D eigenvalue weighted by Crippen LogP contribution is -2.37. The van der Waals surface area contributed by atoms with E-state index < -0.39 is 0 Å². The number of hydrogen-bond acceptors (Lipinski definition) is 6. The summed E-state index contributed by atoms with van der Waals surface area (Å²) in [6, 6.07) is 7.47. The second kappa shape index (κ2) is 6.93. The van der Waals surface area contributed by atoms with Crippen LogP contribution >= 0.6 is 11.3 Å². The molecular formula is C19H20N4O2S. The SMILES string of the molecule is Nc1nc(-c2cc(-c3ccsc3)ccc2O)cn(C2CCCNC2)c1=O. The summed E-state index contributed by atoms with van der Waals surface area (Å²) in [6.45, 7) is 1.69. The Morgan fingerprint density at radius 3 is 2.92 bits per heavy atom. The van der Waals surface area contributed by atoms with Crippen molar-refractivity contribution in [3.05, 3.63) is 51.6 Å². The number of nitrogen functional groups attached to an aromatic ring is 1. The third kappa shape index (κ3) is 3.11. The first kappa shape index (κ1) is 16.8. The van der Waals surface area contributed by atoms with Gasteiger partial charge >= 0.3 is 0 Å². The first-order valence-corrected chi connectivity index (χ1v) is 9.53. The number of nitrogens with zero attached hydrogens (tertiary/aromatic N) is 2. The molecule has 0 radical (unpaired) electrons. The minimum Gasteiger partial charge on any atom is -0.507 e. The molecule has 3 heterocycles. The highest BCUT2D eigenvalue weighted by atomic mass is 32.1. The van der Waals surface area contributed by atoms with E-state index in [0.717, 1.165) is 37.1 Å². The van der Waals surface area contributed by atoms with Gasteiger partial charge in [-0.1, -0.05) is 6.07 Å². The Balaban J connectivity index is 1.82. The number of hydrogen-bond donors (Lipinski definition) is 3. The number of benzene rings is 1. The van der Waals surface area contributed by atoms with Gasteiger partial charge in [0.25, 0.3) is 5.56 Å². The molecule has 0 amide bonds. The monoisotopic (exact) mass is 368 g/mol. The average Bonchev–Trinajstić information content (AvgIpc) is 3.20. The van der Waals surface area contributed by atoms with Crippen LogP contribution in [0.15, 0.2) is 46.0 Å². The van der Waals surface area contributed by atoms with Gasteiger partial charge in [-0.3, -0.25) is 4.79 Å². The van der Waals surface area contributed by atoms with Crippen molar-refractivity contribution in [3.63, 3.8) is 0 Å². The molecule has 2 aromatic heterocycles. The molecule has 3 aromatic rings. The minimum absolute atomic E-state index is 0.0440. The van der Waals surface area contributed by atoms with E-state index in [1.54, 1.807) is 28.2 Å². The van der Waals surface area contributed by atoms with E-state index in [4.69, 9.17) is 5.73 Å². The van der Waals surface area contributed by atoms with Crippen LogP contribution in [0.3, 0.4) is 0 Å². The first-order valence-electron chi connectivity index (χ1n) is 8.59. The Morgan fingerprint density at radius 1 is 1.31 bits per heavy atom. The maximum Gasteiger partial charge on any atom is 0.293 e.